The fourth-order valence-electron chi connectivity index (χ4n) is 2.09. The van der Waals surface area contributed by atoms with Gasteiger partial charge in [-0.2, -0.15) is 0 Å². The Hall–Kier alpha value is -2.15. The number of rotatable bonds is 3. The van der Waals surface area contributed by atoms with Gasteiger partial charge in [0.2, 0.25) is 0 Å². The molecule has 2 heterocycles. The number of ether oxygens (including phenoxy) is 2. The first-order chi connectivity index (χ1) is 9.67. The van der Waals surface area contributed by atoms with E-state index in [1.165, 1.54) is 7.11 Å². The lowest BCUT2D eigenvalue weighted by atomic mass is 10.2. The summed E-state index contributed by atoms with van der Waals surface area (Å²) in [5, 5.41) is 2.52. The molecule has 1 amide bonds. The maximum Gasteiger partial charge on any atom is 0.330 e. The average Bonchev–Trinajstić information content (AvgIpc) is 2.53. The van der Waals surface area contributed by atoms with E-state index >= 15 is 0 Å². The number of anilines is 1. The third-order valence-electron chi connectivity index (χ3n) is 3.14. The molecule has 7 nitrogen and oxygen atoms in total. The van der Waals surface area contributed by atoms with E-state index in [2.05, 4.69) is 10.3 Å². The highest BCUT2D eigenvalue weighted by Gasteiger charge is 2.30. The van der Waals surface area contributed by atoms with Crippen molar-refractivity contribution in [1.29, 1.82) is 0 Å². The summed E-state index contributed by atoms with van der Waals surface area (Å²) in [5.74, 6) is -0.627. The quantitative estimate of drug-likeness (QED) is 0.773. The van der Waals surface area contributed by atoms with E-state index < -0.39 is 6.04 Å². The van der Waals surface area contributed by atoms with Crippen molar-refractivity contribution in [2.45, 2.75) is 6.04 Å². The molecular weight excluding hydrogens is 262 g/mol. The predicted octanol–water partition coefficient (Wildman–Crippen LogP) is -0.181. The number of pyridine rings is 1. The molecule has 1 saturated heterocycles. The standard InChI is InChI=1S/C13H17N3O4/c1-14-12(17)10-7-9(3-4-15-10)16-5-6-20-8-11(16)13(18)19-2/h3-4,7,11H,5-6,8H2,1-2H3,(H,14,17). The van der Waals surface area contributed by atoms with Gasteiger partial charge in [0.1, 0.15) is 5.69 Å². The third kappa shape index (κ3) is 2.88. The number of nitrogens with one attached hydrogen (secondary N) is 1. The lowest BCUT2D eigenvalue weighted by Crippen LogP contribution is -2.50. The van der Waals surface area contributed by atoms with E-state index in [-0.39, 0.29) is 18.5 Å². The number of hydrogen-bond acceptors (Lipinski definition) is 6. The third-order valence-corrected chi connectivity index (χ3v) is 3.14. The second-order valence-electron chi connectivity index (χ2n) is 4.29. The minimum Gasteiger partial charge on any atom is -0.467 e. The summed E-state index contributed by atoms with van der Waals surface area (Å²) in [4.78, 5) is 29.3. The zero-order chi connectivity index (χ0) is 14.5. The van der Waals surface area contributed by atoms with Gasteiger partial charge in [-0.05, 0) is 12.1 Å². The number of carbonyl (C=O) groups is 2. The van der Waals surface area contributed by atoms with Crippen molar-refractivity contribution in [3.05, 3.63) is 24.0 Å². The first kappa shape index (κ1) is 14.3. The number of esters is 1. The topological polar surface area (TPSA) is 80.8 Å². The van der Waals surface area contributed by atoms with Crippen molar-refractivity contribution in [2.75, 3.05) is 38.8 Å². The number of amides is 1. The minimum atomic E-state index is -0.506. The van der Waals surface area contributed by atoms with Crippen molar-refractivity contribution in [3.63, 3.8) is 0 Å². The monoisotopic (exact) mass is 279 g/mol. The molecule has 20 heavy (non-hydrogen) atoms. The Labute approximate surface area is 116 Å². The fraction of sp³-hybridized carbons (Fsp3) is 0.462. The predicted molar refractivity (Wildman–Crippen MR) is 71.6 cm³/mol. The Morgan fingerprint density at radius 2 is 2.35 bits per heavy atom. The van der Waals surface area contributed by atoms with Crippen molar-refractivity contribution >= 4 is 17.6 Å². The molecule has 2 rings (SSSR count). The van der Waals surface area contributed by atoms with Crippen LogP contribution < -0.4 is 10.2 Å². The van der Waals surface area contributed by atoms with Gasteiger partial charge in [-0.1, -0.05) is 0 Å². The molecule has 1 aliphatic rings. The number of nitrogens with zero attached hydrogens (tertiary/aromatic N) is 2. The van der Waals surface area contributed by atoms with Crippen LogP contribution in [-0.4, -0.2) is 56.8 Å². The van der Waals surface area contributed by atoms with Gasteiger partial charge in [0.25, 0.3) is 5.91 Å². The second kappa shape index (κ2) is 6.33. The van der Waals surface area contributed by atoms with E-state index in [0.29, 0.717) is 18.8 Å². The highest BCUT2D eigenvalue weighted by Crippen LogP contribution is 2.20. The molecule has 1 aliphatic heterocycles. The van der Waals surface area contributed by atoms with Crippen LogP contribution in [0.5, 0.6) is 0 Å². The molecule has 0 saturated carbocycles. The first-order valence-electron chi connectivity index (χ1n) is 6.27. The normalized spacial score (nSPS) is 18.5. The van der Waals surface area contributed by atoms with E-state index in [4.69, 9.17) is 9.47 Å². The number of aromatic nitrogens is 1. The maximum atomic E-state index is 11.8. The number of carbonyl (C=O) groups excluding carboxylic acids is 2. The zero-order valence-corrected chi connectivity index (χ0v) is 11.5. The lowest BCUT2D eigenvalue weighted by molar-refractivity contribution is -0.144. The van der Waals surface area contributed by atoms with Crippen LogP contribution in [0.1, 0.15) is 10.5 Å². The maximum absolute atomic E-state index is 11.8. The van der Waals surface area contributed by atoms with E-state index in [9.17, 15) is 9.59 Å². The number of methoxy groups -OCH3 is 1. The molecule has 1 aromatic rings. The Morgan fingerprint density at radius 3 is 3.05 bits per heavy atom. The molecule has 0 spiro atoms. The molecular formula is C13H17N3O4. The Bertz CT molecular complexity index is 506. The Morgan fingerprint density at radius 1 is 1.55 bits per heavy atom. The van der Waals surface area contributed by atoms with Crippen LogP contribution in [0, 0.1) is 0 Å². The van der Waals surface area contributed by atoms with E-state index in [1.807, 2.05) is 4.90 Å². The van der Waals surface area contributed by atoms with Gasteiger partial charge in [-0.25, -0.2) is 4.79 Å². The van der Waals surface area contributed by atoms with Gasteiger partial charge < -0.3 is 19.7 Å². The Kier molecular flexibility index (Phi) is 4.52. The average molecular weight is 279 g/mol. The van der Waals surface area contributed by atoms with Gasteiger partial charge in [0.15, 0.2) is 6.04 Å². The molecule has 7 heteroatoms. The number of hydrogen-bond donors (Lipinski definition) is 1. The van der Waals surface area contributed by atoms with Crippen molar-refractivity contribution in [1.82, 2.24) is 10.3 Å². The van der Waals surface area contributed by atoms with Crippen molar-refractivity contribution in [3.8, 4) is 0 Å². The lowest BCUT2D eigenvalue weighted by Gasteiger charge is -2.35. The molecule has 0 radical (unpaired) electrons. The van der Waals surface area contributed by atoms with Crippen molar-refractivity contribution in [2.24, 2.45) is 0 Å². The Balaban J connectivity index is 2.28. The molecule has 108 valence electrons. The van der Waals surface area contributed by atoms with E-state index in [1.54, 1.807) is 25.4 Å². The summed E-state index contributed by atoms with van der Waals surface area (Å²) in [6.45, 7) is 1.34. The molecule has 0 aromatic carbocycles. The van der Waals surface area contributed by atoms with Crippen LogP contribution in [0.15, 0.2) is 18.3 Å². The highest BCUT2D eigenvalue weighted by molar-refractivity contribution is 5.93. The molecule has 1 fully saturated rings. The summed E-state index contributed by atoms with van der Waals surface area (Å²) < 4.78 is 10.1. The molecule has 0 bridgehead atoms. The van der Waals surface area contributed by atoms with Crippen LogP contribution in [0.4, 0.5) is 5.69 Å². The summed E-state index contributed by atoms with van der Waals surface area (Å²) in [6, 6.07) is 2.90. The SMILES string of the molecule is CNC(=O)c1cc(N2CCOCC2C(=O)OC)ccn1. The summed E-state index contributed by atoms with van der Waals surface area (Å²) in [7, 11) is 2.89. The van der Waals surface area contributed by atoms with Crippen LogP contribution in [0.25, 0.3) is 0 Å². The second-order valence-corrected chi connectivity index (χ2v) is 4.29. The van der Waals surface area contributed by atoms with Crippen LogP contribution in [-0.2, 0) is 14.3 Å². The van der Waals surface area contributed by atoms with Crippen LogP contribution in [0.2, 0.25) is 0 Å². The zero-order valence-electron chi connectivity index (χ0n) is 11.5. The minimum absolute atomic E-state index is 0.268. The van der Waals surface area contributed by atoms with Gasteiger partial charge in [0, 0.05) is 25.5 Å². The number of morpholine rings is 1. The molecule has 1 aromatic heterocycles. The first-order valence-corrected chi connectivity index (χ1v) is 6.27. The summed E-state index contributed by atoms with van der Waals surface area (Å²) in [6.07, 6.45) is 1.55. The molecule has 1 unspecified atom stereocenters. The fourth-order valence-corrected chi connectivity index (χ4v) is 2.09. The van der Waals surface area contributed by atoms with Gasteiger partial charge >= 0.3 is 5.97 Å². The summed E-state index contributed by atoms with van der Waals surface area (Å²) >= 11 is 0. The largest absolute Gasteiger partial charge is 0.467 e. The van der Waals surface area contributed by atoms with Gasteiger partial charge in [0.05, 0.1) is 20.3 Å². The van der Waals surface area contributed by atoms with Crippen LogP contribution in [0.3, 0.4) is 0 Å². The smallest absolute Gasteiger partial charge is 0.330 e. The van der Waals surface area contributed by atoms with Gasteiger partial charge in [-0.15, -0.1) is 0 Å². The van der Waals surface area contributed by atoms with E-state index in [0.717, 1.165) is 5.69 Å². The molecule has 0 aliphatic carbocycles. The van der Waals surface area contributed by atoms with Gasteiger partial charge in [-0.3, -0.25) is 9.78 Å². The summed E-state index contributed by atoms with van der Waals surface area (Å²) in [5.41, 5.74) is 1.05. The van der Waals surface area contributed by atoms with Crippen LogP contribution >= 0.6 is 0 Å². The highest BCUT2D eigenvalue weighted by atomic mass is 16.5. The van der Waals surface area contributed by atoms with Crippen molar-refractivity contribution < 1.29 is 19.1 Å². The molecule has 1 atom stereocenters. The molecule has 1 N–H and O–H groups in total.